The summed E-state index contributed by atoms with van der Waals surface area (Å²) >= 11 is 0. The first kappa shape index (κ1) is 62.3. The van der Waals surface area contributed by atoms with E-state index in [-0.39, 0.29) is 18.5 Å². The standard InChI is InChI=1S/C58H111NO5/c1-3-5-7-9-11-13-15-17-19-21-22-23-25-27-32-36-40-44-48-52-58(63)64-53-49-45-41-37-33-29-28-31-35-39-43-47-51-57(62)59-55(54-60)56(61)50-46-42-38-34-30-26-24-20-18-16-14-12-10-8-6-4-2/h17,19,46,50,55-56,60-61H,3-16,18,20-45,47-49,51-54H2,1-2H3,(H,59,62)/b19-17-,50-46+. The Bertz CT molecular complexity index is 997. The molecule has 2 atom stereocenters. The molecule has 6 nitrogen and oxygen atoms in total. The van der Waals surface area contributed by atoms with Gasteiger partial charge < -0.3 is 20.3 Å². The average Bonchev–Trinajstić information content (AvgIpc) is 3.29. The largest absolute Gasteiger partial charge is 0.466 e. The molecule has 0 radical (unpaired) electrons. The van der Waals surface area contributed by atoms with Crippen molar-refractivity contribution >= 4 is 11.9 Å². The zero-order valence-electron chi connectivity index (χ0n) is 43.0. The lowest BCUT2D eigenvalue weighted by Gasteiger charge is -2.20. The third-order valence-corrected chi connectivity index (χ3v) is 13.2. The van der Waals surface area contributed by atoms with Gasteiger partial charge in [0.25, 0.3) is 0 Å². The van der Waals surface area contributed by atoms with Gasteiger partial charge in [-0.05, 0) is 57.8 Å². The first-order valence-electron chi connectivity index (χ1n) is 28.6. The highest BCUT2D eigenvalue weighted by Crippen LogP contribution is 2.16. The SMILES string of the molecule is CCCCCCCC/C=C\CCCCCCCCCCCC(=O)OCCCCCCCCCCCCCCC(=O)NC(CO)C(O)/C=C/CCCCCCCCCCCCCCCC. The summed E-state index contributed by atoms with van der Waals surface area (Å²) in [5.41, 5.74) is 0. The van der Waals surface area contributed by atoms with Crippen LogP contribution in [0.25, 0.3) is 0 Å². The molecule has 0 aromatic rings. The smallest absolute Gasteiger partial charge is 0.305 e. The van der Waals surface area contributed by atoms with E-state index in [0.29, 0.717) is 19.4 Å². The Morgan fingerprint density at radius 1 is 0.422 bits per heavy atom. The van der Waals surface area contributed by atoms with E-state index in [9.17, 15) is 19.8 Å². The molecular weight excluding hydrogens is 791 g/mol. The van der Waals surface area contributed by atoms with Gasteiger partial charge in [-0.15, -0.1) is 0 Å². The number of ether oxygens (including phenoxy) is 1. The molecule has 6 heteroatoms. The van der Waals surface area contributed by atoms with Crippen molar-refractivity contribution in [1.82, 2.24) is 5.32 Å². The first-order chi connectivity index (χ1) is 31.5. The third-order valence-electron chi connectivity index (χ3n) is 13.2. The number of allylic oxidation sites excluding steroid dienone is 3. The van der Waals surface area contributed by atoms with E-state index in [0.717, 1.165) is 57.8 Å². The minimum atomic E-state index is -0.854. The summed E-state index contributed by atoms with van der Waals surface area (Å²) in [5, 5.41) is 23.1. The van der Waals surface area contributed by atoms with Crippen LogP contribution in [0.1, 0.15) is 309 Å². The Kier molecular flexibility index (Phi) is 52.6. The van der Waals surface area contributed by atoms with Crippen molar-refractivity contribution in [3.63, 3.8) is 0 Å². The van der Waals surface area contributed by atoms with Crippen molar-refractivity contribution < 1.29 is 24.5 Å². The molecule has 0 aromatic carbocycles. The lowest BCUT2D eigenvalue weighted by Crippen LogP contribution is -2.45. The molecular formula is C58H111NO5. The van der Waals surface area contributed by atoms with Crippen molar-refractivity contribution in [3.05, 3.63) is 24.3 Å². The summed E-state index contributed by atoms with van der Waals surface area (Å²) in [5.74, 6) is -0.0930. The second-order valence-corrected chi connectivity index (χ2v) is 19.6. The third kappa shape index (κ3) is 49.8. The van der Waals surface area contributed by atoms with Crippen molar-refractivity contribution in [1.29, 1.82) is 0 Å². The molecule has 0 heterocycles. The highest BCUT2D eigenvalue weighted by Gasteiger charge is 2.18. The fourth-order valence-electron chi connectivity index (χ4n) is 8.81. The highest BCUT2D eigenvalue weighted by molar-refractivity contribution is 5.76. The van der Waals surface area contributed by atoms with Crippen molar-refractivity contribution in [2.75, 3.05) is 13.2 Å². The van der Waals surface area contributed by atoms with Crippen LogP contribution >= 0.6 is 0 Å². The van der Waals surface area contributed by atoms with Gasteiger partial charge in [0, 0.05) is 12.8 Å². The van der Waals surface area contributed by atoms with Gasteiger partial charge >= 0.3 is 5.97 Å². The summed E-state index contributed by atoms with van der Waals surface area (Å²) in [6.07, 6.45) is 64.7. The second-order valence-electron chi connectivity index (χ2n) is 19.6. The molecule has 0 aliphatic heterocycles. The normalized spacial score (nSPS) is 12.8. The Labute approximate surface area is 399 Å². The topological polar surface area (TPSA) is 95.9 Å². The minimum absolute atomic E-state index is 0.0110. The minimum Gasteiger partial charge on any atom is -0.466 e. The number of carbonyl (C=O) groups excluding carboxylic acids is 2. The molecule has 0 fully saturated rings. The van der Waals surface area contributed by atoms with E-state index in [1.165, 1.54) is 225 Å². The van der Waals surface area contributed by atoms with E-state index in [2.05, 4.69) is 31.3 Å². The molecule has 0 spiro atoms. The Morgan fingerprint density at radius 3 is 1.11 bits per heavy atom. The number of aliphatic hydroxyl groups is 2. The summed E-state index contributed by atoms with van der Waals surface area (Å²) in [4.78, 5) is 24.5. The number of hydrogen-bond acceptors (Lipinski definition) is 5. The zero-order valence-corrected chi connectivity index (χ0v) is 43.0. The molecule has 64 heavy (non-hydrogen) atoms. The van der Waals surface area contributed by atoms with Crippen LogP contribution in [0.2, 0.25) is 0 Å². The van der Waals surface area contributed by atoms with Crippen LogP contribution in [-0.4, -0.2) is 47.4 Å². The highest BCUT2D eigenvalue weighted by atomic mass is 16.5. The summed E-state index contributed by atoms with van der Waals surface area (Å²) in [6, 6.07) is -0.639. The van der Waals surface area contributed by atoms with E-state index >= 15 is 0 Å². The van der Waals surface area contributed by atoms with Gasteiger partial charge in [0.2, 0.25) is 5.91 Å². The fraction of sp³-hybridized carbons (Fsp3) is 0.897. The number of unbranched alkanes of at least 4 members (excludes halogenated alkanes) is 40. The lowest BCUT2D eigenvalue weighted by molar-refractivity contribution is -0.143. The fourth-order valence-corrected chi connectivity index (χ4v) is 8.81. The van der Waals surface area contributed by atoms with E-state index < -0.39 is 12.1 Å². The Hall–Kier alpha value is -1.66. The monoisotopic (exact) mass is 902 g/mol. The van der Waals surface area contributed by atoms with Gasteiger partial charge in [-0.25, -0.2) is 0 Å². The van der Waals surface area contributed by atoms with Crippen LogP contribution in [0.15, 0.2) is 24.3 Å². The number of nitrogens with one attached hydrogen (secondary N) is 1. The van der Waals surface area contributed by atoms with Gasteiger partial charge in [0.1, 0.15) is 0 Å². The lowest BCUT2D eigenvalue weighted by atomic mass is 10.0. The predicted octanol–water partition coefficient (Wildman–Crippen LogP) is 17.5. The maximum atomic E-state index is 12.5. The molecule has 2 unspecified atom stereocenters. The van der Waals surface area contributed by atoms with Gasteiger partial charge in [0.05, 0.1) is 25.4 Å². The molecule has 0 bridgehead atoms. The van der Waals surface area contributed by atoms with Crippen LogP contribution in [0, 0.1) is 0 Å². The molecule has 378 valence electrons. The Balaban J connectivity index is 3.46. The molecule has 0 saturated carbocycles. The van der Waals surface area contributed by atoms with E-state index in [1.807, 2.05) is 6.08 Å². The molecule has 0 aromatic heterocycles. The van der Waals surface area contributed by atoms with Crippen molar-refractivity contribution in [3.8, 4) is 0 Å². The molecule has 3 N–H and O–H groups in total. The molecule has 1 amide bonds. The number of esters is 1. The zero-order chi connectivity index (χ0) is 46.5. The van der Waals surface area contributed by atoms with Crippen LogP contribution in [-0.2, 0) is 14.3 Å². The number of rotatable bonds is 53. The van der Waals surface area contributed by atoms with E-state index in [1.54, 1.807) is 6.08 Å². The molecule has 0 saturated heterocycles. The number of carbonyl (C=O) groups is 2. The summed E-state index contributed by atoms with van der Waals surface area (Å²) < 4.78 is 5.48. The van der Waals surface area contributed by atoms with Crippen LogP contribution in [0.5, 0.6) is 0 Å². The number of amides is 1. The van der Waals surface area contributed by atoms with E-state index in [4.69, 9.17) is 4.74 Å². The van der Waals surface area contributed by atoms with Gasteiger partial charge in [-0.2, -0.15) is 0 Å². The summed E-state index contributed by atoms with van der Waals surface area (Å²) in [6.45, 7) is 4.88. The summed E-state index contributed by atoms with van der Waals surface area (Å²) in [7, 11) is 0. The van der Waals surface area contributed by atoms with Gasteiger partial charge in [-0.1, -0.05) is 263 Å². The molecule has 0 aliphatic carbocycles. The maximum absolute atomic E-state index is 12.5. The van der Waals surface area contributed by atoms with Gasteiger partial charge in [-0.3, -0.25) is 9.59 Å². The molecule has 0 aliphatic rings. The van der Waals surface area contributed by atoms with Gasteiger partial charge in [0.15, 0.2) is 0 Å². The quantitative estimate of drug-likeness (QED) is 0.0321. The first-order valence-corrected chi connectivity index (χ1v) is 28.6. The number of aliphatic hydroxyl groups excluding tert-OH is 2. The average molecular weight is 903 g/mol. The number of hydrogen-bond donors (Lipinski definition) is 3. The molecule has 0 rings (SSSR count). The van der Waals surface area contributed by atoms with Crippen LogP contribution in [0.4, 0.5) is 0 Å². The Morgan fingerprint density at radius 2 is 0.734 bits per heavy atom. The second kappa shape index (κ2) is 54.0. The predicted molar refractivity (Wildman–Crippen MR) is 278 cm³/mol. The maximum Gasteiger partial charge on any atom is 0.305 e. The van der Waals surface area contributed by atoms with Crippen LogP contribution in [0.3, 0.4) is 0 Å². The van der Waals surface area contributed by atoms with Crippen LogP contribution < -0.4 is 5.32 Å². The van der Waals surface area contributed by atoms with Crippen molar-refractivity contribution in [2.24, 2.45) is 0 Å². The van der Waals surface area contributed by atoms with Crippen molar-refractivity contribution in [2.45, 2.75) is 321 Å².